The van der Waals surface area contributed by atoms with E-state index in [1.54, 1.807) is 54.1 Å². The highest BCUT2D eigenvalue weighted by molar-refractivity contribution is 7.90. The first-order valence-electron chi connectivity index (χ1n) is 11.5. The number of hydrogen-bond acceptors (Lipinski definition) is 11. The van der Waals surface area contributed by atoms with Gasteiger partial charge < -0.3 is 9.15 Å². The third-order valence-electron chi connectivity index (χ3n) is 5.80. The van der Waals surface area contributed by atoms with E-state index in [0.717, 1.165) is 6.26 Å². The van der Waals surface area contributed by atoms with E-state index in [2.05, 4.69) is 36.4 Å². The van der Waals surface area contributed by atoms with Gasteiger partial charge in [0.2, 0.25) is 17.7 Å². The number of benzene rings is 1. The van der Waals surface area contributed by atoms with Crippen LogP contribution in [0, 0.1) is 11.3 Å². The molecule has 0 amide bonds. The number of halogens is 1. The van der Waals surface area contributed by atoms with E-state index in [-0.39, 0.29) is 33.9 Å². The first kappa shape index (κ1) is 26.7. The van der Waals surface area contributed by atoms with E-state index in [4.69, 9.17) is 20.8 Å². The van der Waals surface area contributed by atoms with Gasteiger partial charge in [0.15, 0.2) is 21.5 Å². The lowest BCUT2D eigenvalue weighted by molar-refractivity contribution is 0.398. The topological polar surface area (TPSA) is 163 Å². The molecule has 0 fully saturated rings. The van der Waals surface area contributed by atoms with E-state index in [1.807, 2.05) is 0 Å². The molecule has 0 unspecified atom stereocenters. The Morgan fingerprint density at radius 1 is 1.07 bits per heavy atom. The minimum atomic E-state index is -3.46. The second kappa shape index (κ2) is 10.7. The summed E-state index contributed by atoms with van der Waals surface area (Å²) in [6.07, 6.45) is 3.87. The van der Waals surface area contributed by atoms with Gasteiger partial charge in [0.1, 0.15) is 17.3 Å². The smallest absolute Gasteiger partial charge is 0.248 e. The Morgan fingerprint density at radius 2 is 1.88 bits per heavy atom. The number of nitrogens with zero attached hydrogens (tertiary/aromatic N) is 8. The number of allylic oxidation sites excluding steroid dienone is 2. The van der Waals surface area contributed by atoms with Gasteiger partial charge in [-0.3, -0.25) is 9.55 Å². The Labute approximate surface area is 233 Å². The Bertz CT molecular complexity index is 1910. The summed E-state index contributed by atoms with van der Waals surface area (Å²) < 4.78 is 36.4. The number of pyridine rings is 2. The van der Waals surface area contributed by atoms with Gasteiger partial charge in [0.25, 0.3) is 0 Å². The van der Waals surface area contributed by atoms with Crippen molar-refractivity contribution in [1.29, 1.82) is 5.26 Å². The molecule has 5 aromatic rings. The van der Waals surface area contributed by atoms with Crippen LogP contribution in [0.2, 0.25) is 5.02 Å². The zero-order valence-corrected chi connectivity index (χ0v) is 22.8. The van der Waals surface area contributed by atoms with Crippen LogP contribution in [0.15, 0.2) is 70.2 Å². The van der Waals surface area contributed by atoms with Crippen molar-refractivity contribution in [2.75, 3.05) is 13.4 Å². The van der Waals surface area contributed by atoms with Crippen molar-refractivity contribution in [2.45, 2.75) is 11.8 Å². The monoisotopic (exact) mass is 574 g/mol. The van der Waals surface area contributed by atoms with Gasteiger partial charge in [-0.2, -0.15) is 5.26 Å². The van der Waals surface area contributed by atoms with Gasteiger partial charge in [-0.15, -0.1) is 20.4 Å². The normalized spacial score (nSPS) is 12.1. The molecule has 200 valence electrons. The fraction of sp³-hybridized carbons (Fsp3) is 0.115. The van der Waals surface area contributed by atoms with Gasteiger partial charge in [-0.05, 0) is 37.3 Å². The summed E-state index contributed by atoms with van der Waals surface area (Å²) in [5.74, 6) is 1.05. The molecule has 0 saturated carbocycles. The molecule has 4 aromatic heterocycles. The highest BCUT2D eigenvalue weighted by Gasteiger charge is 2.25. The van der Waals surface area contributed by atoms with Crippen molar-refractivity contribution < 1.29 is 17.6 Å². The van der Waals surface area contributed by atoms with Crippen molar-refractivity contribution >= 4 is 32.6 Å². The Hall–Kier alpha value is -4.93. The summed E-state index contributed by atoms with van der Waals surface area (Å²) in [6.45, 7) is 1.65. The summed E-state index contributed by atoms with van der Waals surface area (Å²) in [4.78, 5) is 8.40. The van der Waals surface area contributed by atoms with Crippen molar-refractivity contribution in [3.05, 3.63) is 77.7 Å². The molecular weight excluding hydrogens is 556 g/mol. The van der Waals surface area contributed by atoms with Crippen molar-refractivity contribution in [2.24, 2.45) is 0 Å². The summed E-state index contributed by atoms with van der Waals surface area (Å²) >= 11 is 6.54. The number of nitriles is 1. The fourth-order valence-electron chi connectivity index (χ4n) is 3.76. The first-order valence-corrected chi connectivity index (χ1v) is 13.8. The van der Waals surface area contributed by atoms with Gasteiger partial charge in [-0.25, -0.2) is 13.4 Å². The molecule has 40 heavy (non-hydrogen) atoms. The maximum absolute atomic E-state index is 11.9. The van der Waals surface area contributed by atoms with E-state index < -0.39 is 9.84 Å². The summed E-state index contributed by atoms with van der Waals surface area (Å²) in [5, 5.41) is 27.4. The van der Waals surface area contributed by atoms with Gasteiger partial charge in [0, 0.05) is 35.9 Å². The zero-order valence-electron chi connectivity index (χ0n) is 21.3. The molecule has 0 aliphatic carbocycles. The second-order valence-electron chi connectivity index (χ2n) is 8.40. The molecule has 12 nitrogen and oxygen atoms in total. The molecule has 0 atom stereocenters. The minimum absolute atomic E-state index is 0.0488. The van der Waals surface area contributed by atoms with Crippen LogP contribution < -0.4 is 4.74 Å². The highest BCUT2D eigenvalue weighted by Crippen LogP contribution is 2.33. The molecule has 4 heterocycles. The second-order valence-corrected chi connectivity index (χ2v) is 10.8. The Kier molecular flexibility index (Phi) is 7.12. The maximum Gasteiger partial charge on any atom is 0.248 e. The molecule has 14 heteroatoms. The molecule has 0 spiro atoms. The summed E-state index contributed by atoms with van der Waals surface area (Å²) in [7, 11) is -1.96. The standard InChI is InChI=1S/C26H19ClN8O4S/c1-15(25-33-34-26(39-25)16-10-11-29-22(12-16)38-2)18(13-28)23-31-32-24(35(23)21-7-5-4-6-19(21)27)20-9-8-17(14-30-20)40(3,36)37/h4-12,14H,1-3H3. The molecule has 1 aromatic carbocycles. The zero-order chi connectivity index (χ0) is 28.4. The van der Waals surface area contributed by atoms with Crippen LogP contribution in [0.3, 0.4) is 0 Å². The van der Waals surface area contributed by atoms with Crippen LogP contribution in [0.5, 0.6) is 5.88 Å². The van der Waals surface area contributed by atoms with Crippen molar-refractivity contribution in [1.82, 2.24) is 34.9 Å². The van der Waals surface area contributed by atoms with Crippen LogP contribution in [-0.4, -0.2) is 56.7 Å². The van der Waals surface area contributed by atoms with E-state index in [1.165, 1.54) is 25.4 Å². The van der Waals surface area contributed by atoms with Gasteiger partial charge >= 0.3 is 0 Å². The third kappa shape index (κ3) is 5.05. The number of aromatic nitrogens is 7. The molecule has 0 bridgehead atoms. The quantitative estimate of drug-likeness (QED) is 0.255. The molecule has 0 N–H and O–H groups in total. The lowest BCUT2D eigenvalue weighted by atomic mass is 10.1. The number of ether oxygens (including phenoxy) is 1. The summed E-state index contributed by atoms with van der Waals surface area (Å²) in [5.41, 5.74) is 1.81. The van der Waals surface area contributed by atoms with Crippen LogP contribution in [0.4, 0.5) is 0 Å². The number of methoxy groups -OCH3 is 1. The average Bonchev–Trinajstić information content (AvgIpc) is 3.62. The largest absolute Gasteiger partial charge is 0.481 e. The predicted octanol–water partition coefficient (Wildman–Crippen LogP) is 4.29. The third-order valence-corrected chi connectivity index (χ3v) is 7.21. The molecule has 0 saturated heterocycles. The average molecular weight is 575 g/mol. The van der Waals surface area contributed by atoms with E-state index in [9.17, 15) is 13.7 Å². The van der Waals surface area contributed by atoms with Crippen molar-refractivity contribution in [3.63, 3.8) is 0 Å². The number of rotatable bonds is 7. The Morgan fingerprint density at radius 3 is 2.55 bits per heavy atom. The van der Waals surface area contributed by atoms with Crippen LogP contribution >= 0.6 is 11.6 Å². The maximum atomic E-state index is 11.9. The molecular formula is C26H19ClN8O4S. The minimum Gasteiger partial charge on any atom is -0.481 e. The van der Waals surface area contributed by atoms with Gasteiger partial charge in [0.05, 0.1) is 22.7 Å². The predicted molar refractivity (Wildman–Crippen MR) is 145 cm³/mol. The van der Waals surface area contributed by atoms with Crippen molar-refractivity contribution in [3.8, 4) is 40.6 Å². The number of hydrogen-bond donors (Lipinski definition) is 0. The molecule has 0 aliphatic heterocycles. The highest BCUT2D eigenvalue weighted by atomic mass is 35.5. The van der Waals surface area contributed by atoms with Crippen LogP contribution in [0.25, 0.3) is 39.8 Å². The molecule has 5 rings (SSSR count). The van der Waals surface area contributed by atoms with Gasteiger partial charge in [-0.1, -0.05) is 23.7 Å². The fourth-order valence-corrected chi connectivity index (χ4v) is 4.54. The lowest BCUT2D eigenvalue weighted by Gasteiger charge is -2.12. The SMILES string of the molecule is COc1cc(-c2nnc(C(C)=C(C#N)c3nnc(-c4ccc(S(C)(=O)=O)cn4)n3-c3ccccc3Cl)o2)ccn1. The molecule has 0 aliphatic rings. The lowest BCUT2D eigenvalue weighted by Crippen LogP contribution is -2.05. The number of sulfone groups is 1. The summed E-state index contributed by atoms with van der Waals surface area (Å²) in [6, 6.07) is 15.4. The van der Waals surface area contributed by atoms with Crippen LogP contribution in [0.1, 0.15) is 18.6 Å². The molecule has 0 radical (unpaired) electrons. The van der Waals surface area contributed by atoms with Crippen LogP contribution in [-0.2, 0) is 9.84 Å². The Balaban J connectivity index is 1.66. The first-order chi connectivity index (χ1) is 19.2. The van der Waals surface area contributed by atoms with E-state index in [0.29, 0.717) is 33.4 Å². The number of para-hydroxylation sites is 1. The van der Waals surface area contributed by atoms with E-state index >= 15 is 0 Å².